The molecule has 204 valence electrons. The molecular formula is C31H22ClF3O5. The third kappa shape index (κ3) is 5.92. The van der Waals surface area contributed by atoms with E-state index in [9.17, 15) is 18.0 Å². The van der Waals surface area contributed by atoms with Gasteiger partial charge in [0, 0.05) is 11.1 Å². The van der Waals surface area contributed by atoms with Gasteiger partial charge in [0.2, 0.25) is 11.2 Å². The number of hydrogen-bond acceptors (Lipinski definition) is 5. The first-order valence-corrected chi connectivity index (χ1v) is 12.5. The van der Waals surface area contributed by atoms with Crippen LogP contribution in [0.25, 0.3) is 11.0 Å². The third-order valence-electron chi connectivity index (χ3n) is 5.99. The summed E-state index contributed by atoms with van der Waals surface area (Å²) in [4.78, 5) is 13.1. The summed E-state index contributed by atoms with van der Waals surface area (Å²) >= 11 is 6.15. The lowest BCUT2D eigenvalue weighted by atomic mass is 10.1. The Balaban J connectivity index is 1.42. The quantitative estimate of drug-likeness (QED) is 0.196. The normalized spacial score (nSPS) is 11.4. The molecule has 40 heavy (non-hydrogen) atoms. The molecule has 0 amide bonds. The molecule has 0 saturated heterocycles. The van der Waals surface area contributed by atoms with Crippen LogP contribution in [0.5, 0.6) is 28.7 Å². The second kappa shape index (κ2) is 11.0. The fourth-order valence-corrected chi connectivity index (χ4v) is 4.21. The molecule has 0 atom stereocenters. The highest BCUT2D eigenvalue weighted by Crippen LogP contribution is 2.39. The third-order valence-corrected chi connectivity index (χ3v) is 6.59. The van der Waals surface area contributed by atoms with Crippen molar-refractivity contribution < 1.29 is 31.8 Å². The van der Waals surface area contributed by atoms with Crippen molar-refractivity contribution in [1.82, 2.24) is 0 Å². The molecule has 0 N–H and O–H groups in total. The molecule has 0 saturated carbocycles. The molecule has 0 fully saturated rings. The van der Waals surface area contributed by atoms with E-state index < -0.39 is 23.1 Å². The standard InChI is InChI=1S/C31H22ClF3O5/c1-18-13-24(14-19(2)27(18)32)39-29-28(36)25-12-11-22(16-26(25)40-30(29)31(33,34)35)37-17-20-7-6-10-23(15-20)38-21-8-4-3-5-9-21/h3-16H,17H2,1-2H3. The SMILES string of the molecule is Cc1cc(Oc2c(C(F)(F)F)oc3cc(OCc4cccc(Oc5ccccc5)c4)ccc3c2=O)cc(C)c1Cl. The fraction of sp³-hybridized carbons (Fsp3) is 0.129. The number of para-hydroxylation sites is 1. The Morgan fingerprint density at radius 1 is 0.775 bits per heavy atom. The minimum Gasteiger partial charge on any atom is -0.489 e. The van der Waals surface area contributed by atoms with Gasteiger partial charge < -0.3 is 18.6 Å². The maximum Gasteiger partial charge on any atom is 0.453 e. The first-order valence-electron chi connectivity index (χ1n) is 12.2. The lowest BCUT2D eigenvalue weighted by Gasteiger charge is -2.15. The van der Waals surface area contributed by atoms with Gasteiger partial charge in [-0.1, -0.05) is 41.9 Å². The van der Waals surface area contributed by atoms with E-state index in [2.05, 4.69) is 0 Å². The van der Waals surface area contributed by atoms with Crippen molar-refractivity contribution in [3.8, 4) is 28.7 Å². The van der Waals surface area contributed by atoms with E-state index in [0.717, 1.165) is 5.56 Å². The molecule has 0 aliphatic rings. The maximum absolute atomic E-state index is 14.0. The van der Waals surface area contributed by atoms with Crippen LogP contribution in [0.3, 0.4) is 0 Å². The van der Waals surface area contributed by atoms with Crippen LogP contribution in [0.1, 0.15) is 22.5 Å². The smallest absolute Gasteiger partial charge is 0.453 e. The number of halogens is 4. The number of rotatable bonds is 7. The van der Waals surface area contributed by atoms with E-state index >= 15 is 0 Å². The summed E-state index contributed by atoms with van der Waals surface area (Å²) in [7, 11) is 0. The van der Waals surface area contributed by atoms with Gasteiger partial charge in [-0.3, -0.25) is 4.79 Å². The van der Waals surface area contributed by atoms with Crippen molar-refractivity contribution in [1.29, 1.82) is 0 Å². The minimum atomic E-state index is -4.99. The number of aryl methyl sites for hydroxylation is 2. The molecule has 0 aliphatic heterocycles. The maximum atomic E-state index is 14.0. The van der Waals surface area contributed by atoms with Crippen molar-refractivity contribution in [3.05, 3.63) is 123 Å². The van der Waals surface area contributed by atoms with Crippen LogP contribution in [0.15, 0.2) is 94.1 Å². The first kappa shape index (κ1) is 27.1. The van der Waals surface area contributed by atoms with Gasteiger partial charge in [-0.25, -0.2) is 0 Å². The summed E-state index contributed by atoms with van der Waals surface area (Å²) in [6, 6.07) is 23.5. The molecule has 0 spiro atoms. The van der Waals surface area contributed by atoms with Gasteiger partial charge in [0.15, 0.2) is 0 Å². The Bertz CT molecular complexity index is 1720. The topological polar surface area (TPSA) is 57.9 Å². The van der Waals surface area contributed by atoms with Crippen molar-refractivity contribution in [2.45, 2.75) is 26.6 Å². The molecule has 0 bridgehead atoms. The zero-order valence-corrected chi connectivity index (χ0v) is 22.1. The van der Waals surface area contributed by atoms with Gasteiger partial charge >= 0.3 is 6.18 Å². The van der Waals surface area contributed by atoms with Gasteiger partial charge in [-0.15, -0.1) is 0 Å². The van der Waals surface area contributed by atoms with Crippen LogP contribution in [0.2, 0.25) is 5.02 Å². The highest BCUT2D eigenvalue weighted by Gasteiger charge is 2.40. The van der Waals surface area contributed by atoms with E-state index in [1.165, 1.54) is 30.3 Å². The Labute approximate surface area is 232 Å². The number of fused-ring (bicyclic) bond motifs is 1. The molecule has 0 radical (unpaired) electrons. The van der Waals surface area contributed by atoms with Gasteiger partial charge in [0.25, 0.3) is 5.76 Å². The monoisotopic (exact) mass is 566 g/mol. The van der Waals surface area contributed by atoms with Gasteiger partial charge in [0.1, 0.15) is 35.2 Å². The summed E-state index contributed by atoms with van der Waals surface area (Å²) in [5.74, 6) is -0.963. The Morgan fingerprint density at radius 2 is 1.48 bits per heavy atom. The van der Waals surface area contributed by atoms with Crippen molar-refractivity contribution in [2.75, 3.05) is 0 Å². The van der Waals surface area contributed by atoms with Crippen LogP contribution in [0.4, 0.5) is 13.2 Å². The van der Waals surface area contributed by atoms with Crippen LogP contribution in [-0.4, -0.2) is 0 Å². The van der Waals surface area contributed by atoms with Crippen LogP contribution in [0, 0.1) is 13.8 Å². The predicted molar refractivity (Wildman–Crippen MR) is 146 cm³/mol. The minimum absolute atomic E-state index is 0.0370. The Hall–Kier alpha value is -4.43. The average molecular weight is 567 g/mol. The average Bonchev–Trinajstić information content (AvgIpc) is 2.92. The van der Waals surface area contributed by atoms with E-state index in [1.807, 2.05) is 36.4 Å². The highest BCUT2D eigenvalue weighted by atomic mass is 35.5. The Kier molecular flexibility index (Phi) is 7.45. The molecule has 1 heterocycles. The van der Waals surface area contributed by atoms with E-state index in [1.54, 1.807) is 32.0 Å². The van der Waals surface area contributed by atoms with E-state index in [4.69, 9.17) is 30.2 Å². The van der Waals surface area contributed by atoms with Gasteiger partial charge in [-0.05, 0) is 79.1 Å². The number of hydrogen-bond donors (Lipinski definition) is 0. The molecule has 5 aromatic rings. The summed E-state index contributed by atoms with van der Waals surface area (Å²) in [5, 5.41) is 0.368. The van der Waals surface area contributed by atoms with Crippen LogP contribution >= 0.6 is 11.6 Å². The second-order valence-electron chi connectivity index (χ2n) is 9.07. The fourth-order valence-electron chi connectivity index (χ4n) is 4.10. The van der Waals surface area contributed by atoms with E-state index in [0.29, 0.717) is 27.6 Å². The van der Waals surface area contributed by atoms with Crippen molar-refractivity contribution >= 4 is 22.6 Å². The molecule has 5 rings (SSSR count). The molecule has 4 aromatic carbocycles. The predicted octanol–water partition coefficient (Wildman–Crippen LogP) is 9.25. The summed E-state index contributed by atoms with van der Waals surface area (Å²) in [6.07, 6.45) is -4.99. The zero-order valence-electron chi connectivity index (χ0n) is 21.3. The summed E-state index contributed by atoms with van der Waals surface area (Å²) < 4.78 is 64.2. The molecule has 0 unspecified atom stereocenters. The van der Waals surface area contributed by atoms with E-state index in [-0.39, 0.29) is 29.1 Å². The van der Waals surface area contributed by atoms with Crippen molar-refractivity contribution in [2.24, 2.45) is 0 Å². The number of alkyl halides is 3. The number of ether oxygens (including phenoxy) is 3. The van der Waals surface area contributed by atoms with Crippen LogP contribution < -0.4 is 19.6 Å². The largest absolute Gasteiger partial charge is 0.489 e. The van der Waals surface area contributed by atoms with Crippen molar-refractivity contribution in [3.63, 3.8) is 0 Å². The van der Waals surface area contributed by atoms with Gasteiger partial charge in [0.05, 0.1) is 5.39 Å². The first-order chi connectivity index (χ1) is 19.1. The lowest BCUT2D eigenvalue weighted by molar-refractivity contribution is -0.154. The summed E-state index contributed by atoms with van der Waals surface area (Å²) in [6.45, 7) is 3.47. The molecule has 9 heteroatoms. The van der Waals surface area contributed by atoms with Gasteiger partial charge in [-0.2, -0.15) is 13.2 Å². The molecule has 5 nitrogen and oxygen atoms in total. The summed E-state index contributed by atoms with van der Waals surface area (Å²) in [5.41, 5.74) is 0.704. The number of benzene rings is 4. The zero-order chi connectivity index (χ0) is 28.4. The lowest BCUT2D eigenvalue weighted by Crippen LogP contribution is -2.15. The van der Waals surface area contributed by atoms with Crippen LogP contribution in [-0.2, 0) is 12.8 Å². The second-order valence-corrected chi connectivity index (χ2v) is 9.45. The Morgan fingerprint density at radius 3 is 2.17 bits per heavy atom. The highest BCUT2D eigenvalue weighted by molar-refractivity contribution is 6.32. The molecule has 0 aliphatic carbocycles. The molecular weight excluding hydrogens is 545 g/mol. The molecule has 1 aromatic heterocycles.